The van der Waals surface area contributed by atoms with Gasteiger partial charge in [-0.05, 0) is 37.7 Å². The van der Waals surface area contributed by atoms with Crippen molar-refractivity contribution in [2.24, 2.45) is 0 Å². The number of carbonyl (C=O) groups is 2. The van der Waals surface area contributed by atoms with Crippen molar-refractivity contribution in [1.82, 2.24) is 20.3 Å². The fourth-order valence-corrected chi connectivity index (χ4v) is 6.52. The molecule has 6 rings (SSSR count). The van der Waals surface area contributed by atoms with Crippen molar-refractivity contribution >= 4 is 29.0 Å². The number of halogens is 3. The highest BCUT2D eigenvalue weighted by Gasteiger charge is 2.51. The van der Waals surface area contributed by atoms with Crippen LogP contribution in [0.5, 0.6) is 5.75 Å². The highest BCUT2D eigenvalue weighted by molar-refractivity contribution is 7.80. The van der Waals surface area contributed by atoms with Gasteiger partial charge in [0.2, 0.25) is 5.43 Å². The molecule has 3 aliphatic rings. The number of ether oxygens (including phenoxy) is 1. The molecule has 1 atom stereocenters. The van der Waals surface area contributed by atoms with E-state index in [-0.39, 0.29) is 34.5 Å². The van der Waals surface area contributed by atoms with E-state index in [4.69, 9.17) is 17.0 Å². The van der Waals surface area contributed by atoms with Crippen molar-refractivity contribution in [2.75, 3.05) is 13.1 Å². The Morgan fingerprint density at radius 2 is 1.76 bits per heavy atom. The first kappa shape index (κ1) is 28.0. The second kappa shape index (κ2) is 10.9. The van der Waals surface area contributed by atoms with Crippen LogP contribution in [0.25, 0.3) is 0 Å². The zero-order valence-corrected chi connectivity index (χ0v) is 23.3. The van der Waals surface area contributed by atoms with Gasteiger partial charge < -0.3 is 14.2 Å². The second-order valence-electron chi connectivity index (χ2n) is 10.9. The van der Waals surface area contributed by atoms with Gasteiger partial charge >= 0.3 is 0 Å². The molecule has 1 spiro atoms. The van der Waals surface area contributed by atoms with Crippen LogP contribution in [0.4, 0.5) is 13.2 Å². The molecule has 0 aliphatic carbocycles. The lowest BCUT2D eigenvalue weighted by atomic mass is 9.89. The van der Waals surface area contributed by atoms with E-state index in [2.05, 4.69) is 10.9 Å². The smallest absolute Gasteiger partial charge is 0.275 e. The van der Waals surface area contributed by atoms with Crippen molar-refractivity contribution in [1.29, 1.82) is 0 Å². The molecule has 218 valence electrons. The van der Waals surface area contributed by atoms with Crippen LogP contribution in [0.2, 0.25) is 0 Å². The van der Waals surface area contributed by atoms with E-state index in [0.717, 1.165) is 24.8 Å². The molecule has 2 N–H and O–H groups in total. The zero-order chi connectivity index (χ0) is 29.6. The average molecular weight is 597 g/mol. The minimum absolute atomic E-state index is 0.0148. The number of pyridine rings is 1. The third-order valence-electron chi connectivity index (χ3n) is 8.24. The molecule has 4 heterocycles. The summed E-state index contributed by atoms with van der Waals surface area (Å²) in [6, 6.07) is 10.2. The quantitative estimate of drug-likeness (QED) is 0.331. The summed E-state index contributed by atoms with van der Waals surface area (Å²) >= 11 is 5.15. The zero-order valence-electron chi connectivity index (χ0n) is 22.5. The molecule has 1 fully saturated rings. The number of fused-ring (bicyclic) bond motifs is 1. The van der Waals surface area contributed by atoms with Gasteiger partial charge in [0.15, 0.2) is 11.4 Å². The number of amides is 2. The number of nitrogens with zero attached hydrogens (tertiary/aromatic N) is 2. The second-order valence-corrected chi connectivity index (χ2v) is 11.4. The lowest BCUT2D eigenvalue weighted by molar-refractivity contribution is 0.0580. The summed E-state index contributed by atoms with van der Waals surface area (Å²) in [6.45, 7) is 1.09. The average Bonchev–Trinajstić information content (AvgIpc) is 3.20. The van der Waals surface area contributed by atoms with Crippen LogP contribution in [-0.2, 0) is 25.0 Å². The van der Waals surface area contributed by atoms with Crippen LogP contribution in [0.15, 0.2) is 47.3 Å². The molecule has 2 amide bonds. The lowest BCUT2D eigenvalue weighted by Gasteiger charge is -2.42. The van der Waals surface area contributed by atoms with Gasteiger partial charge in [0.1, 0.15) is 29.6 Å². The van der Waals surface area contributed by atoms with E-state index >= 15 is 0 Å². The Bertz CT molecular complexity index is 1660. The number of hydrogen-bond donors (Lipinski definition) is 2. The first-order chi connectivity index (χ1) is 20.2. The van der Waals surface area contributed by atoms with Gasteiger partial charge in [-0.2, -0.15) is 0 Å². The fraction of sp³-hybridized carbons (Fsp3) is 0.333. The van der Waals surface area contributed by atoms with Crippen molar-refractivity contribution in [2.45, 2.75) is 50.7 Å². The number of thiocarbonyl (C=S) groups is 1. The molecule has 1 saturated heterocycles. The van der Waals surface area contributed by atoms with Crippen molar-refractivity contribution in [3.05, 3.63) is 98.2 Å². The number of carbonyl (C=O) groups excluding carboxylic acids is 2. The molecule has 1 aromatic heterocycles. The SMILES string of the molecule is O=C(NNC(=S)Cc1c(F)cc(F)cc1F)c1c2n3c(c(OCc4ccccc4)c1=O)C(=O)N1CCCCC3(CC2)C1. The molecule has 3 aliphatic heterocycles. The maximum atomic E-state index is 14.1. The Balaban J connectivity index is 1.35. The summed E-state index contributed by atoms with van der Waals surface area (Å²) in [5, 5.41) is 0. The molecule has 2 aromatic carbocycles. The van der Waals surface area contributed by atoms with Gasteiger partial charge in [0, 0.05) is 42.9 Å². The van der Waals surface area contributed by atoms with Crippen LogP contribution in [-0.4, -0.2) is 39.4 Å². The van der Waals surface area contributed by atoms with Gasteiger partial charge in [-0.1, -0.05) is 42.5 Å². The predicted molar refractivity (Wildman–Crippen MR) is 151 cm³/mol. The summed E-state index contributed by atoms with van der Waals surface area (Å²) < 4.78 is 49.4. The van der Waals surface area contributed by atoms with E-state index in [1.54, 1.807) is 4.90 Å². The molecule has 12 heteroatoms. The summed E-state index contributed by atoms with van der Waals surface area (Å²) in [4.78, 5) is 42.8. The predicted octanol–water partition coefficient (Wildman–Crippen LogP) is 3.93. The third-order valence-corrected chi connectivity index (χ3v) is 8.49. The van der Waals surface area contributed by atoms with E-state index in [1.807, 2.05) is 34.9 Å². The summed E-state index contributed by atoms with van der Waals surface area (Å²) in [5.41, 5.74) is 4.38. The molecule has 3 aromatic rings. The van der Waals surface area contributed by atoms with Gasteiger partial charge in [0.05, 0.1) is 10.5 Å². The van der Waals surface area contributed by atoms with Gasteiger partial charge in [0.25, 0.3) is 11.8 Å². The fourth-order valence-electron chi connectivity index (χ4n) is 6.33. The van der Waals surface area contributed by atoms with Gasteiger partial charge in [-0.3, -0.25) is 25.2 Å². The Labute approximate surface area is 244 Å². The summed E-state index contributed by atoms with van der Waals surface area (Å²) in [7, 11) is 0. The summed E-state index contributed by atoms with van der Waals surface area (Å²) in [5.74, 6) is -4.60. The van der Waals surface area contributed by atoms with E-state index in [9.17, 15) is 27.6 Å². The summed E-state index contributed by atoms with van der Waals surface area (Å²) in [6.07, 6.45) is 3.12. The number of hydrazine groups is 1. The van der Waals surface area contributed by atoms with Gasteiger partial charge in [-0.25, -0.2) is 13.2 Å². The number of rotatable bonds is 6. The third kappa shape index (κ3) is 4.83. The maximum Gasteiger partial charge on any atom is 0.275 e. The molecule has 0 radical (unpaired) electrons. The first-order valence-corrected chi connectivity index (χ1v) is 14.1. The van der Waals surface area contributed by atoms with Crippen LogP contribution >= 0.6 is 12.2 Å². The number of benzene rings is 2. The van der Waals surface area contributed by atoms with Gasteiger partial charge in [-0.15, -0.1) is 0 Å². The molecular weight excluding hydrogens is 569 g/mol. The minimum Gasteiger partial charge on any atom is -0.483 e. The molecule has 1 unspecified atom stereocenters. The highest BCUT2D eigenvalue weighted by Crippen LogP contribution is 2.45. The molecule has 42 heavy (non-hydrogen) atoms. The molecule has 0 saturated carbocycles. The lowest BCUT2D eigenvalue weighted by Crippen LogP contribution is -2.53. The largest absolute Gasteiger partial charge is 0.483 e. The van der Waals surface area contributed by atoms with E-state index in [1.165, 1.54) is 0 Å². The Morgan fingerprint density at radius 1 is 1.02 bits per heavy atom. The van der Waals surface area contributed by atoms with E-state index < -0.39 is 46.3 Å². The number of hydrogen-bond acceptors (Lipinski definition) is 5. The maximum absolute atomic E-state index is 14.1. The molecule has 2 bridgehead atoms. The van der Waals surface area contributed by atoms with E-state index in [0.29, 0.717) is 43.8 Å². The topological polar surface area (TPSA) is 92.7 Å². The Morgan fingerprint density at radius 3 is 2.50 bits per heavy atom. The van der Waals surface area contributed by atoms with Crippen molar-refractivity contribution < 1.29 is 27.5 Å². The van der Waals surface area contributed by atoms with Crippen molar-refractivity contribution in [3.8, 4) is 5.75 Å². The van der Waals surface area contributed by atoms with Crippen molar-refractivity contribution in [3.63, 3.8) is 0 Å². The molecule has 8 nitrogen and oxygen atoms in total. The van der Waals surface area contributed by atoms with Crippen LogP contribution in [0.1, 0.15) is 63.4 Å². The normalized spacial score (nSPS) is 18.7. The Kier molecular flexibility index (Phi) is 7.25. The minimum atomic E-state index is -1.11. The Hall–Kier alpha value is -4.19. The molecular formula is C30H27F3N4O4S. The monoisotopic (exact) mass is 596 g/mol. The first-order valence-electron chi connectivity index (χ1n) is 13.7. The van der Waals surface area contributed by atoms with Crippen LogP contribution < -0.4 is 21.0 Å². The number of nitrogens with one attached hydrogen (secondary N) is 2. The number of aromatic nitrogens is 1. The standard InChI is InChI=1S/C30H27F3N4O4S/c31-18-12-20(32)19(21(33)13-18)14-23(42)34-35-28(39)24-22-8-10-30-9-4-5-11-36(16-30)29(40)25(37(22)30)27(26(24)38)41-15-17-6-2-1-3-7-17/h1-3,6-7,12-13H,4-5,8-11,14-16H2,(H,34,42)(H,35,39). The van der Waals surface area contributed by atoms with Crippen LogP contribution in [0.3, 0.4) is 0 Å². The van der Waals surface area contributed by atoms with Crippen LogP contribution in [0, 0.1) is 17.5 Å². The highest BCUT2D eigenvalue weighted by atomic mass is 32.1.